The highest BCUT2D eigenvalue weighted by Crippen LogP contribution is 2.37. The Balaban J connectivity index is 1.46. The maximum Gasteiger partial charge on any atom is 0.237 e. The molecule has 2 aromatic heterocycles. The Kier molecular flexibility index (Phi) is 7.62. The summed E-state index contributed by atoms with van der Waals surface area (Å²) in [6.45, 7) is 3.42. The van der Waals surface area contributed by atoms with Gasteiger partial charge >= 0.3 is 0 Å². The first-order chi connectivity index (χ1) is 15.6. The number of hydrogen-bond donors (Lipinski definition) is 2. The predicted octanol–water partition coefficient (Wildman–Crippen LogP) is 5.40. The summed E-state index contributed by atoms with van der Waals surface area (Å²) in [6, 6.07) is 12.0. The number of methoxy groups -OCH3 is 1. The molecule has 0 unspecified atom stereocenters. The number of anilines is 2. The fourth-order valence-electron chi connectivity index (χ4n) is 3.52. The van der Waals surface area contributed by atoms with Crippen LogP contribution in [0.25, 0.3) is 10.4 Å². The minimum Gasteiger partial charge on any atom is -0.480 e. The SMILES string of the molecule is COc1ncc(-c2sc(NC(=O)CC3CCOCC3)nc2C)cc1NSc1ccccc1. The topological polar surface area (TPSA) is 85.4 Å². The van der Waals surface area contributed by atoms with E-state index in [0.29, 0.717) is 23.4 Å². The van der Waals surface area contributed by atoms with Crippen molar-refractivity contribution in [3.8, 4) is 16.3 Å². The largest absolute Gasteiger partial charge is 0.480 e. The standard InChI is InChI=1S/C23H26N4O3S2/c1-15-21(31-23(25-15)26-20(28)12-16-8-10-30-11-9-16)17-13-19(22(29-2)24-14-17)27-32-18-6-4-3-5-7-18/h3-7,13-14,16,27H,8-12H2,1-2H3,(H,25,26,28). The Bertz CT molecular complexity index is 1050. The van der Waals surface area contributed by atoms with E-state index in [4.69, 9.17) is 9.47 Å². The first-order valence-electron chi connectivity index (χ1n) is 10.5. The summed E-state index contributed by atoms with van der Waals surface area (Å²) in [6.07, 6.45) is 4.14. The van der Waals surface area contributed by atoms with Gasteiger partial charge in [0.15, 0.2) is 5.13 Å². The molecule has 7 nitrogen and oxygen atoms in total. The maximum atomic E-state index is 12.5. The number of amides is 1. The summed E-state index contributed by atoms with van der Waals surface area (Å²) in [5.41, 5.74) is 2.55. The molecule has 0 bridgehead atoms. The van der Waals surface area contributed by atoms with Gasteiger partial charge in [-0.05, 0) is 55.8 Å². The van der Waals surface area contributed by atoms with Crippen molar-refractivity contribution in [1.29, 1.82) is 0 Å². The lowest BCUT2D eigenvalue weighted by Crippen LogP contribution is -2.22. The summed E-state index contributed by atoms with van der Waals surface area (Å²) < 4.78 is 14.1. The zero-order chi connectivity index (χ0) is 22.3. The van der Waals surface area contributed by atoms with Crippen molar-refractivity contribution in [3.63, 3.8) is 0 Å². The molecule has 0 spiro atoms. The van der Waals surface area contributed by atoms with E-state index in [0.717, 1.165) is 52.8 Å². The van der Waals surface area contributed by atoms with Crippen molar-refractivity contribution in [3.05, 3.63) is 48.3 Å². The number of rotatable bonds is 8. The van der Waals surface area contributed by atoms with Crippen molar-refractivity contribution in [2.24, 2.45) is 5.92 Å². The first kappa shape index (κ1) is 22.6. The van der Waals surface area contributed by atoms with E-state index >= 15 is 0 Å². The second-order valence-electron chi connectivity index (χ2n) is 7.54. The summed E-state index contributed by atoms with van der Waals surface area (Å²) in [4.78, 5) is 23.5. The molecular formula is C23H26N4O3S2. The van der Waals surface area contributed by atoms with Crippen LogP contribution >= 0.6 is 23.3 Å². The van der Waals surface area contributed by atoms with Gasteiger partial charge in [0.1, 0.15) is 5.69 Å². The minimum absolute atomic E-state index is 0.00618. The van der Waals surface area contributed by atoms with E-state index in [1.54, 1.807) is 13.3 Å². The smallest absolute Gasteiger partial charge is 0.237 e. The number of nitrogens with zero attached hydrogens (tertiary/aromatic N) is 2. The Morgan fingerprint density at radius 3 is 2.81 bits per heavy atom. The van der Waals surface area contributed by atoms with Gasteiger partial charge in [-0.2, -0.15) is 0 Å². The average Bonchev–Trinajstić information content (AvgIpc) is 3.18. The van der Waals surface area contributed by atoms with Crippen LogP contribution in [0.5, 0.6) is 5.88 Å². The highest BCUT2D eigenvalue weighted by atomic mass is 32.2. The fraction of sp³-hybridized carbons (Fsp3) is 0.348. The van der Waals surface area contributed by atoms with Crippen LogP contribution < -0.4 is 14.8 Å². The van der Waals surface area contributed by atoms with Crippen LogP contribution in [0.4, 0.5) is 10.8 Å². The zero-order valence-electron chi connectivity index (χ0n) is 18.1. The number of carbonyl (C=O) groups excluding carboxylic acids is 1. The maximum absolute atomic E-state index is 12.5. The number of carbonyl (C=O) groups is 1. The van der Waals surface area contributed by atoms with Crippen molar-refractivity contribution in [2.75, 3.05) is 30.4 Å². The fourth-order valence-corrected chi connectivity index (χ4v) is 5.15. The molecule has 1 amide bonds. The van der Waals surface area contributed by atoms with Crippen LogP contribution in [0.15, 0.2) is 47.5 Å². The van der Waals surface area contributed by atoms with Crippen LogP contribution in [0, 0.1) is 12.8 Å². The van der Waals surface area contributed by atoms with Gasteiger partial charge in [-0.3, -0.25) is 4.79 Å². The molecular weight excluding hydrogens is 444 g/mol. The van der Waals surface area contributed by atoms with Crippen molar-refractivity contribution >= 4 is 40.0 Å². The van der Waals surface area contributed by atoms with Crippen molar-refractivity contribution in [1.82, 2.24) is 9.97 Å². The highest BCUT2D eigenvalue weighted by molar-refractivity contribution is 8.00. The summed E-state index contributed by atoms with van der Waals surface area (Å²) in [5.74, 6) is 0.904. The highest BCUT2D eigenvalue weighted by Gasteiger charge is 2.19. The molecule has 0 aliphatic carbocycles. The van der Waals surface area contributed by atoms with Gasteiger partial charge < -0.3 is 19.5 Å². The third kappa shape index (κ3) is 5.79. The molecule has 1 aromatic carbocycles. The lowest BCUT2D eigenvalue weighted by Gasteiger charge is -2.20. The van der Waals surface area contributed by atoms with Crippen LogP contribution in [-0.4, -0.2) is 36.2 Å². The van der Waals surface area contributed by atoms with E-state index in [9.17, 15) is 4.79 Å². The van der Waals surface area contributed by atoms with Crippen LogP contribution in [0.3, 0.4) is 0 Å². The third-order valence-electron chi connectivity index (χ3n) is 5.19. The van der Waals surface area contributed by atoms with Crippen molar-refractivity contribution < 1.29 is 14.3 Å². The lowest BCUT2D eigenvalue weighted by atomic mass is 9.96. The van der Waals surface area contributed by atoms with Gasteiger partial charge in [-0.25, -0.2) is 9.97 Å². The number of aromatic nitrogens is 2. The Hall–Kier alpha value is -2.62. The van der Waals surface area contributed by atoms with E-state index in [1.807, 2.05) is 43.3 Å². The van der Waals surface area contributed by atoms with Crippen LogP contribution in [0.2, 0.25) is 0 Å². The lowest BCUT2D eigenvalue weighted by molar-refractivity contribution is -0.117. The van der Waals surface area contributed by atoms with Gasteiger partial charge in [-0.15, -0.1) is 0 Å². The molecule has 32 heavy (non-hydrogen) atoms. The molecule has 1 aliphatic rings. The first-order valence-corrected chi connectivity index (χ1v) is 12.1. The minimum atomic E-state index is 0.00618. The van der Waals surface area contributed by atoms with E-state index in [2.05, 4.69) is 20.0 Å². The second-order valence-corrected chi connectivity index (χ2v) is 9.42. The molecule has 1 saturated heterocycles. The summed E-state index contributed by atoms with van der Waals surface area (Å²) in [5, 5.41) is 3.58. The Labute approximate surface area is 196 Å². The zero-order valence-corrected chi connectivity index (χ0v) is 19.7. The monoisotopic (exact) mass is 470 g/mol. The molecule has 1 fully saturated rings. The predicted molar refractivity (Wildman–Crippen MR) is 129 cm³/mol. The molecule has 168 valence electrons. The molecule has 0 atom stereocenters. The quantitative estimate of drug-likeness (QED) is 0.427. The number of hydrogen-bond acceptors (Lipinski definition) is 8. The third-order valence-corrected chi connectivity index (χ3v) is 7.14. The molecule has 1 aliphatic heterocycles. The molecule has 0 radical (unpaired) electrons. The normalized spacial score (nSPS) is 14.2. The number of aryl methyl sites for hydroxylation is 1. The number of thiazole rings is 1. The second kappa shape index (κ2) is 10.8. The summed E-state index contributed by atoms with van der Waals surface area (Å²) >= 11 is 2.95. The van der Waals surface area contributed by atoms with Crippen LogP contribution in [-0.2, 0) is 9.53 Å². The van der Waals surface area contributed by atoms with Gasteiger partial charge in [0.2, 0.25) is 11.8 Å². The number of nitrogens with one attached hydrogen (secondary N) is 2. The Morgan fingerprint density at radius 2 is 2.06 bits per heavy atom. The summed E-state index contributed by atoms with van der Waals surface area (Å²) in [7, 11) is 1.60. The van der Waals surface area contributed by atoms with E-state index < -0.39 is 0 Å². The van der Waals surface area contributed by atoms with Gasteiger partial charge in [-0.1, -0.05) is 29.5 Å². The molecule has 2 N–H and O–H groups in total. The van der Waals surface area contributed by atoms with Gasteiger partial charge in [0.25, 0.3) is 0 Å². The number of ether oxygens (including phenoxy) is 2. The molecule has 3 heterocycles. The number of pyridine rings is 1. The average molecular weight is 471 g/mol. The molecule has 4 rings (SSSR count). The van der Waals surface area contributed by atoms with E-state index in [1.165, 1.54) is 23.3 Å². The van der Waals surface area contributed by atoms with Crippen LogP contribution in [0.1, 0.15) is 25.0 Å². The molecule has 3 aromatic rings. The van der Waals surface area contributed by atoms with Crippen molar-refractivity contribution in [2.45, 2.75) is 31.1 Å². The van der Waals surface area contributed by atoms with Gasteiger partial charge in [0.05, 0.1) is 17.7 Å². The number of benzene rings is 1. The van der Waals surface area contributed by atoms with Gasteiger partial charge in [0, 0.05) is 36.3 Å². The van der Waals surface area contributed by atoms with E-state index in [-0.39, 0.29) is 5.91 Å². The molecule has 0 saturated carbocycles. The molecule has 9 heteroatoms. The Morgan fingerprint density at radius 1 is 1.28 bits per heavy atom.